The number of anilines is 1. The molecule has 0 bridgehead atoms. The Balaban J connectivity index is 2.33. The van der Waals surface area contributed by atoms with E-state index in [2.05, 4.69) is 5.32 Å². The summed E-state index contributed by atoms with van der Waals surface area (Å²) in [6, 6.07) is 12.9. The Morgan fingerprint density at radius 2 is 1.81 bits per heavy atom. The molecule has 2 aromatic carbocycles. The first-order valence-electron chi connectivity index (χ1n) is 8.24. The van der Waals surface area contributed by atoms with Crippen molar-refractivity contribution in [3.05, 3.63) is 81.4 Å². The molecule has 0 aromatic heterocycles. The number of nitrogens with zero attached hydrogens (tertiary/aromatic N) is 1. The molecule has 1 amide bonds. The van der Waals surface area contributed by atoms with Gasteiger partial charge in [-0.05, 0) is 32.4 Å². The number of amides is 1. The molecule has 7 heteroatoms. The van der Waals surface area contributed by atoms with Crippen molar-refractivity contribution < 1.29 is 19.2 Å². The van der Waals surface area contributed by atoms with Crippen molar-refractivity contribution >= 4 is 23.3 Å². The molecule has 0 unspecified atom stereocenters. The molecule has 0 heterocycles. The molecular weight excluding hydrogens is 348 g/mol. The molecular formula is C20H20N2O5. The van der Waals surface area contributed by atoms with Crippen LogP contribution in [0.3, 0.4) is 0 Å². The van der Waals surface area contributed by atoms with Crippen LogP contribution in [0.25, 0.3) is 0 Å². The van der Waals surface area contributed by atoms with Crippen LogP contribution in [0.15, 0.2) is 60.2 Å². The van der Waals surface area contributed by atoms with Gasteiger partial charge in [-0.1, -0.05) is 42.0 Å². The standard InChI is InChI=1S/C20H20N2O5/c1-13(2)11-18(23)27-19(15-7-5-4-6-8-15)20(24)21-16-10-9-14(3)12-17(16)22(25)26/h4-12,19H,1-3H3,(H,21,24)/t19-/m0/s1. The average Bonchev–Trinajstić information content (AvgIpc) is 2.61. The molecule has 140 valence electrons. The van der Waals surface area contributed by atoms with Gasteiger partial charge in [0.15, 0.2) is 0 Å². The predicted molar refractivity (Wildman–Crippen MR) is 101 cm³/mol. The normalized spacial score (nSPS) is 11.2. The Hall–Kier alpha value is -3.48. The second-order valence-corrected chi connectivity index (χ2v) is 6.22. The SMILES string of the molecule is CC(C)=CC(=O)O[C@H](C(=O)Nc1ccc(C)cc1[N+](=O)[O-])c1ccccc1. The maximum atomic E-state index is 12.8. The van der Waals surface area contributed by atoms with Crippen LogP contribution in [0, 0.1) is 17.0 Å². The fourth-order valence-electron chi connectivity index (χ4n) is 2.38. The first kappa shape index (κ1) is 19.8. The number of allylic oxidation sites excluding steroid dienone is 1. The number of nitro benzene ring substituents is 1. The lowest BCUT2D eigenvalue weighted by molar-refractivity contribution is -0.384. The summed E-state index contributed by atoms with van der Waals surface area (Å²) in [7, 11) is 0. The van der Waals surface area contributed by atoms with Crippen molar-refractivity contribution in [1.82, 2.24) is 0 Å². The summed E-state index contributed by atoms with van der Waals surface area (Å²) in [5.41, 5.74) is 1.68. The third-order valence-electron chi connectivity index (χ3n) is 3.59. The highest BCUT2D eigenvalue weighted by atomic mass is 16.6. The molecule has 0 aliphatic heterocycles. The van der Waals surface area contributed by atoms with Crippen LogP contribution in [0.5, 0.6) is 0 Å². The van der Waals surface area contributed by atoms with Crippen LogP contribution in [0.1, 0.15) is 31.1 Å². The number of rotatable bonds is 6. The molecule has 0 saturated heterocycles. The number of hydrogen-bond donors (Lipinski definition) is 1. The second kappa shape index (κ2) is 8.75. The summed E-state index contributed by atoms with van der Waals surface area (Å²) in [6.07, 6.45) is 0.0348. The number of aryl methyl sites for hydroxylation is 1. The Morgan fingerprint density at radius 1 is 1.15 bits per heavy atom. The largest absolute Gasteiger partial charge is 0.444 e. The van der Waals surface area contributed by atoms with Gasteiger partial charge in [0.1, 0.15) is 5.69 Å². The smallest absolute Gasteiger partial charge is 0.331 e. The number of carbonyl (C=O) groups is 2. The van der Waals surface area contributed by atoms with Gasteiger partial charge in [-0.25, -0.2) is 4.79 Å². The number of benzene rings is 2. The van der Waals surface area contributed by atoms with E-state index in [0.717, 1.165) is 5.57 Å². The summed E-state index contributed by atoms with van der Waals surface area (Å²) < 4.78 is 5.31. The van der Waals surface area contributed by atoms with Crippen LogP contribution in [0.4, 0.5) is 11.4 Å². The number of nitrogens with one attached hydrogen (secondary N) is 1. The minimum Gasteiger partial charge on any atom is -0.444 e. The lowest BCUT2D eigenvalue weighted by Crippen LogP contribution is -2.25. The van der Waals surface area contributed by atoms with Gasteiger partial charge in [0.2, 0.25) is 6.10 Å². The fraction of sp³-hybridized carbons (Fsp3) is 0.200. The van der Waals surface area contributed by atoms with Gasteiger partial charge >= 0.3 is 5.97 Å². The quantitative estimate of drug-likeness (QED) is 0.358. The molecule has 0 spiro atoms. The molecule has 1 atom stereocenters. The van der Waals surface area contributed by atoms with Crippen LogP contribution in [-0.4, -0.2) is 16.8 Å². The summed E-state index contributed by atoms with van der Waals surface area (Å²) in [4.78, 5) is 35.5. The monoisotopic (exact) mass is 368 g/mol. The van der Waals surface area contributed by atoms with E-state index in [1.54, 1.807) is 57.2 Å². The van der Waals surface area contributed by atoms with E-state index in [1.807, 2.05) is 0 Å². The predicted octanol–water partition coefficient (Wildman–Crippen LogP) is 4.09. The van der Waals surface area contributed by atoms with Crippen molar-refractivity contribution in [2.24, 2.45) is 0 Å². The Morgan fingerprint density at radius 3 is 2.41 bits per heavy atom. The van der Waals surface area contributed by atoms with Crippen LogP contribution in [-0.2, 0) is 14.3 Å². The molecule has 2 aromatic rings. The highest BCUT2D eigenvalue weighted by molar-refractivity contribution is 5.98. The number of carbonyl (C=O) groups excluding carboxylic acids is 2. The number of esters is 1. The molecule has 27 heavy (non-hydrogen) atoms. The van der Waals surface area contributed by atoms with E-state index < -0.39 is 22.9 Å². The van der Waals surface area contributed by atoms with Crippen molar-refractivity contribution in [3.8, 4) is 0 Å². The number of ether oxygens (including phenoxy) is 1. The highest BCUT2D eigenvalue weighted by Gasteiger charge is 2.26. The average molecular weight is 368 g/mol. The maximum Gasteiger partial charge on any atom is 0.331 e. The van der Waals surface area contributed by atoms with Crippen LogP contribution < -0.4 is 5.32 Å². The molecule has 2 rings (SSSR count). The third kappa shape index (κ3) is 5.50. The Kier molecular flexibility index (Phi) is 6.43. The van der Waals surface area contributed by atoms with Gasteiger partial charge in [-0.3, -0.25) is 14.9 Å². The molecule has 7 nitrogen and oxygen atoms in total. The lowest BCUT2D eigenvalue weighted by atomic mass is 10.1. The van der Waals surface area contributed by atoms with Gasteiger partial charge in [-0.2, -0.15) is 0 Å². The molecule has 0 aliphatic rings. The van der Waals surface area contributed by atoms with E-state index in [9.17, 15) is 19.7 Å². The van der Waals surface area contributed by atoms with E-state index in [1.165, 1.54) is 18.2 Å². The lowest BCUT2D eigenvalue weighted by Gasteiger charge is -2.17. The van der Waals surface area contributed by atoms with E-state index >= 15 is 0 Å². The van der Waals surface area contributed by atoms with E-state index in [4.69, 9.17) is 4.74 Å². The first-order valence-corrected chi connectivity index (χ1v) is 8.24. The summed E-state index contributed by atoms with van der Waals surface area (Å²) in [5, 5.41) is 13.8. The zero-order chi connectivity index (χ0) is 20.0. The van der Waals surface area contributed by atoms with Gasteiger partial charge in [0.05, 0.1) is 4.92 Å². The van der Waals surface area contributed by atoms with Gasteiger partial charge in [-0.15, -0.1) is 0 Å². The molecule has 0 radical (unpaired) electrons. The highest BCUT2D eigenvalue weighted by Crippen LogP contribution is 2.27. The van der Waals surface area contributed by atoms with Crippen LogP contribution in [0.2, 0.25) is 0 Å². The van der Waals surface area contributed by atoms with Crippen molar-refractivity contribution in [2.45, 2.75) is 26.9 Å². The summed E-state index contributed by atoms with van der Waals surface area (Å²) in [5.74, 6) is -1.35. The number of nitro groups is 1. The van der Waals surface area contributed by atoms with Crippen molar-refractivity contribution in [2.75, 3.05) is 5.32 Å². The van der Waals surface area contributed by atoms with Gasteiger partial charge < -0.3 is 10.1 Å². The second-order valence-electron chi connectivity index (χ2n) is 6.22. The molecule has 0 fully saturated rings. The minimum atomic E-state index is -1.24. The van der Waals surface area contributed by atoms with E-state index in [-0.39, 0.29) is 11.4 Å². The maximum absolute atomic E-state index is 12.8. The topological polar surface area (TPSA) is 98.5 Å². The summed E-state index contributed by atoms with van der Waals surface area (Å²) in [6.45, 7) is 5.18. The fourth-order valence-corrected chi connectivity index (χ4v) is 2.38. The molecule has 1 N–H and O–H groups in total. The molecule has 0 saturated carbocycles. The summed E-state index contributed by atoms with van der Waals surface area (Å²) >= 11 is 0. The van der Waals surface area contributed by atoms with E-state index in [0.29, 0.717) is 11.1 Å². The van der Waals surface area contributed by atoms with Gasteiger partial charge in [0, 0.05) is 17.7 Å². The van der Waals surface area contributed by atoms with Crippen LogP contribution >= 0.6 is 0 Å². The number of hydrogen-bond acceptors (Lipinski definition) is 5. The minimum absolute atomic E-state index is 0.0368. The van der Waals surface area contributed by atoms with Crippen molar-refractivity contribution in [3.63, 3.8) is 0 Å². The third-order valence-corrected chi connectivity index (χ3v) is 3.59. The first-order chi connectivity index (χ1) is 12.8. The molecule has 0 aliphatic carbocycles. The Bertz CT molecular complexity index is 887. The van der Waals surface area contributed by atoms with Gasteiger partial charge in [0.25, 0.3) is 11.6 Å². The van der Waals surface area contributed by atoms with Crippen molar-refractivity contribution in [1.29, 1.82) is 0 Å². The zero-order valence-electron chi connectivity index (χ0n) is 15.3. The zero-order valence-corrected chi connectivity index (χ0v) is 15.3. The Labute approximate surface area is 156 Å².